The summed E-state index contributed by atoms with van der Waals surface area (Å²) in [5.74, 6) is 1.57. The van der Waals surface area contributed by atoms with Crippen molar-refractivity contribution < 1.29 is 19.0 Å². The highest BCUT2D eigenvalue weighted by atomic mass is 32.1. The van der Waals surface area contributed by atoms with E-state index in [0.717, 1.165) is 16.0 Å². The highest BCUT2D eigenvalue weighted by Crippen LogP contribution is 2.32. The summed E-state index contributed by atoms with van der Waals surface area (Å²) in [5, 5.41) is 6.31. The first kappa shape index (κ1) is 16.6. The van der Waals surface area contributed by atoms with Crippen LogP contribution in [-0.2, 0) is 0 Å². The smallest absolute Gasteiger partial charge is 0.257 e. The monoisotopic (exact) mass is 387 g/mol. The van der Waals surface area contributed by atoms with Crippen molar-refractivity contribution >= 4 is 49.9 Å². The van der Waals surface area contributed by atoms with E-state index in [-0.39, 0.29) is 17.8 Å². The summed E-state index contributed by atoms with van der Waals surface area (Å²) in [6.07, 6.45) is 0. The fourth-order valence-electron chi connectivity index (χ4n) is 2.43. The van der Waals surface area contributed by atoms with Crippen LogP contribution in [0.15, 0.2) is 36.4 Å². The largest absolute Gasteiger partial charge is 0.497 e. The summed E-state index contributed by atoms with van der Waals surface area (Å²) in [5.41, 5.74) is 1.25. The molecule has 0 atom stereocenters. The molecule has 132 valence electrons. The van der Waals surface area contributed by atoms with Gasteiger partial charge in [-0.2, -0.15) is 0 Å². The van der Waals surface area contributed by atoms with E-state index in [9.17, 15) is 4.79 Å². The lowest BCUT2D eigenvalue weighted by molar-refractivity contribution is 0.0977. The van der Waals surface area contributed by atoms with Gasteiger partial charge in [0.25, 0.3) is 5.91 Å². The Morgan fingerprint density at radius 3 is 2.92 bits per heavy atom. The molecule has 0 aliphatic carbocycles. The Kier molecular flexibility index (Phi) is 4.31. The molecule has 0 spiro atoms. The number of thiazole rings is 1. The summed E-state index contributed by atoms with van der Waals surface area (Å²) in [6, 6.07) is 10.6. The van der Waals surface area contributed by atoms with Crippen LogP contribution in [0.25, 0.3) is 10.2 Å². The normalized spacial score (nSPS) is 12.0. The summed E-state index contributed by atoms with van der Waals surface area (Å²) in [6.45, 7) is 0.156. The molecule has 1 aromatic heterocycles. The van der Waals surface area contributed by atoms with Crippen LogP contribution in [0.3, 0.4) is 0 Å². The molecular weight excluding hydrogens is 374 g/mol. The van der Waals surface area contributed by atoms with Crippen molar-refractivity contribution in [3.63, 3.8) is 0 Å². The fraction of sp³-hybridized carbons (Fsp3) is 0.118. The van der Waals surface area contributed by atoms with Gasteiger partial charge in [0.05, 0.1) is 17.3 Å². The van der Waals surface area contributed by atoms with E-state index in [1.54, 1.807) is 25.3 Å². The summed E-state index contributed by atoms with van der Waals surface area (Å²) in [7, 11) is 1.61. The molecule has 1 aliphatic heterocycles. The molecule has 0 radical (unpaired) electrons. The lowest BCUT2D eigenvalue weighted by Crippen LogP contribution is -2.34. The van der Waals surface area contributed by atoms with Crippen molar-refractivity contribution in [3.05, 3.63) is 42.0 Å². The van der Waals surface area contributed by atoms with Gasteiger partial charge in [-0.15, -0.1) is 0 Å². The third kappa shape index (κ3) is 3.26. The molecule has 26 heavy (non-hydrogen) atoms. The molecule has 0 saturated carbocycles. The van der Waals surface area contributed by atoms with Crippen LogP contribution in [-0.4, -0.2) is 29.9 Å². The number of nitrogens with zero attached hydrogens (tertiary/aromatic N) is 1. The summed E-state index contributed by atoms with van der Waals surface area (Å²) < 4.78 is 16.7. The molecule has 0 unspecified atom stereocenters. The number of thiocarbonyl (C=S) groups is 1. The van der Waals surface area contributed by atoms with Gasteiger partial charge in [-0.3, -0.25) is 10.1 Å². The number of hydrogen-bond acceptors (Lipinski definition) is 7. The second-order valence-corrected chi connectivity index (χ2v) is 6.77. The van der Waals surface area contributed by atoms with Crippen molar-refractivity contribution in [3.8, 4) is 17.2 Å². The van der Waals surface area contributed by atoms with Crippen molar-refractivity contribution in [1.29, 1.82) is 0 Å². The van der Waals surface area contributed by atoms with Gasteiger partial charge in [-0.05, 0) is 48.6 Å². The lowest BCUT2D eigenvalue weighted by Gasteiger charge is -2.07. The minimum absolute atomic E-state index is 0.156. The fourth-order valence-corrected chi connectivity index (χ4v) is 3.58. The molecule has 7 nitrogen and oxygen atoms in total. The number of amides is 1. The number of fused-ring (bicyclic) bond motifs is 2. The maximum Gasteiger partial charge on any atom is 0.257 e. The molecule has 0 saturated heterocycles. The number of rotatable bonds is 3. The van der Waals surface area contributed by atoms with Crippen LogP contribution in [0.2, 0.25) is 0 Å². The molecule has 1 amide bonds. The number of hydrogen-bond donors (Lipinski definition) is 2. The third-order valence-corrected chi connectivity index (χ3v) is 4.82. The Labute approximate surface area is 157 Å². The molecule has 0 fully saturated rings. The highest BCUT2D eigenvalue weighted by molar-refractivity contribution is 7.80. The van der Waals surface area contributed by atoms with Gasteiger partial charge in [0.1, 0.15) is 5.75 Å². The molecule has 2 aromatic carbocycles. The maximum atomic E-state index is 12.3. The van der Waals surface area contributed by atoms with Crippen LogP contribution in [0, 0.1) is 0 Å². The Bertz CT molecular complexity index is 1020. The summed E-state index contributed by atoms with van der Waals surface area (Å²) in [4.78, 5) is 16.8. The standard InChI is InChI=1S/C17H13N3O4S2/c1-22-10-3-4-11-14(7-10)26-17(18-11)20-16(25)19-15(21)9-2-5-12-13(6-9)24-8-23-12/h2-7H,8H2,1H3,(H2,18,19,20,21,25). The molecule has 0 bridgehead atoms. The van der Waals surface area contributed by atoms with Gasteiger partial charge >= 0.3 is 0 Å². The van der Waals surface area contributed by atoms with Crippen molar-refractivity contribution in [2.75, 3.05) is 19.2 Å². The van der Waals surface area contributed by atoms with Gasteiger partial charge in [0, 0.05) is 5.56 Å². The first-order valence-electron chi connectivity index (χ1n) is 7.59. The molecular formula is C17H13N3O4S2. The average Bonchev–Trinajstić information content (AvgIpc) is 3.25. The maximum absolute atomic E-state index is 12.3. The van der Waals surface area contributed by atoms with E-state index in [1.165, 1.54) is 11.3 Å². The quantitative estimate of drug-likeness (QED) is 0.668. The second-order valence-electron chi connectivity index (χ2n) is 5.33. The number of benzene rings is 2. The number of nitrogens with one attached hydrogen (secondary N) is 2. The van der Waals surface area contributed by atoms with Gasteiger partial charge < -0.3 is 19.5 Å². The van der Waals surface area contributed by atoms with Crippen molar-refractivity contribution in [2.45, 2.75) is 0 Å². The second kappa shape index (κ2) is 6.77. The Morgan fingerprint density at radius 2 is 2.08 bits per heavy atom. The number of methoxy groups -OCH3 is 1. The average molecular weight is 387 g/mol. The molecule has 1 aliphatic rings. The van der Waals surface area contributed by atoms with Crippen molar-refractivity contribution in [1.82, 2.24) is 10.3 Å². The minimum atomic E-state index is -0.344. The van der Waals surface area contributed by atoms with E-state index in [2.05, 4.69) is 15.6 Å². The first-order valence-corrected chi connectivity index (χ1v) is 8.81. The molecule has 9 heteroatoms. The zero-order valence-electron chi connectivity index (χ0n) is 13.6. The van der Waals surface area contributed by atoms with Crippen LogP contribution in [0.4, 0.5) is 5.13 Å². The zero-order chi connectivity index (χ0) is 18.1. The summed E-state index contributed by atoms with van der Waals surface area (Å²) >= 11 is 6.62. The van der Waals surface area contributed by atoms with Gasteiger partial charge in [0.15, 0.2) is 21.7 Å². The number of anilines is 1. The van der Waals surface area contributed by atoms with Gasteiger partial charge in [-0.25, -0.2) is 4.98 Å². The van der Waals surface area contributed by atoms with Crippen molar-refractivity contribution in [2.24, 2.45) is 0 Å². The SMILES string of the molecule is COc1ccc2nc(NC(=S)NC(=O)c3ccc4c(c3)OCO4)sc2c1. The molecule has 2 heterocycles. The zero-order valence-corrected chi connectivity index (χ0v) is 15.2. The Balaban J connectivity index is 1.44. The predicted octanol–water partition coefficient (Wildman–Crippen LogP) is 3.16. The number of carbonyl (C=O) groups is 1. The van der Waals surface area contributed by atoms with Crippen LogP contribution in [0.5, 0.6) is 17.2 Å². The lowest BCUT2D eigenvalue weighted by atomic mass is 10.2. The first-order chi connectivity index (χ1) is 12.6. The predicted molar refractivity (Wildman–Crippen MR) is 102 cm³/mol. The third-order valence-electron chi connectivity index (χ3n) is 3.68. The number of ether oxygens (including phenoxy) is 3. The molecule has 2 N–H and O–H groups in total. The Morgan fingerprint density at radius 1 is 1.23 bits per heavy atom. The molecule has 4 rings (SSSR count). The van der Waals surface area contributed by atoms with E-state index in [1.807, 2.05) is 18.2 Å². The van der Waals surface area contributed by atoms with Crippen LogP contribution in [0.1, 0.15) is 10.4 Å². The Hall–Kier alpha value is -2.91. The van der Waals surface area contributed by atoms with Gasteiger partial charge in [0.2, 0.25) is 6.79 Å². The number of aromatic nitrogens is 1. The van der Waals surface area contributed by atoms with Crippen LogP contribution >= 0.6 is 23.6 Å². The van der Waals surface area contributed by atoms with E-state index >= 15 is 0 Å². The topological polar surface area (TPSA) is 81.7 Å². The minimum Gasteiger partial charge on any atom is -0.497 e. The number of carbonyl (C=O) groups excluding carboxylic acids is 1. The van der Waals surface area contributed by atoms with Gasteiger partial charge in [-0.1, -0.05) is 11.3 Å². The van der Waals surface area contributed by atoms with E-state index in [4.69, 9.17) is 26.4 Å². The highest BCUT2D eigenvalue weighted by Gasteiger charge is 2.17. The molecule has 3 aromatic rings. The van der Waals surface area contributed by atoms with E-state index in [0.29, 0.717) is 22.2 Å². The van der Waals surface area contributed by atoms with Crippen LogP contribution < -0.4 is 24.8 Å². The van der Waals surface area contributed by atoms with E-state index < -0.39 is 0 Å².